The fourth-order valence-electron chi connectivity index (χ4n) is 3.81. The lowest BCUT2D eigenvalue weighted by molar-refractivity contribution is -0.0280. The van der Waals surface area contributed by atoms with Crippen LogP contribution in [0.1, 0.15) is 51.2 Å². The summed E-state index contributed by atoms with van der Waals surface area (Å²) in [6.07, 6.45) is 3.35. The van der Waals surface area contributed by atoms with Gasteiger partial charge in [-0.25, -0.2) is 4.39 Å². The van der Waals surface area contributed by atoms with Crippen LogP contribution in [-0.2, 0) is 0 Å². The number of hydrogen-bond donors (Lipinski definition) is 1. The van der Waals surface area contributed by atoms with Gasteiger partial charge in [-0.3, -0.25) is 4.90 Å². The van der Waals surface area contributed by atoms with Crippen molar-refractivity contribution in [1.29, 1.82) is 0 Å². The molecule has 2 rings (SSSR count). The highest BCUT2D eigenvalue weighted by molar-refractivity contribution is 5.37. The van der Waals surface area contributed by atoms with Crippen LogP contribution in [-0.4, -0.2) is 35.7 Å². The van der Waals surface area contributed by atoms with Crippen LogP contribution in [0.3, 0.4) is 0 Å². The fraction of sp³-hybridized carbons (Fsp3) is 0.647. The highest BCUT2D eigenvalue weighted by Crippen LogP contribution is 2.46. The third kappa shape index (κ3) is 2.92. The Morgan fingerprint density at radius 3 is 2.43 bits per heavy atom. The van der Waals surface area contributed by atoms with Crippen LogP contribution in [0.15, 0.2) is 18.2 Å². The molecule has 1 unspecified atom stereocenters. The highest BCUT2D eigenvalue weighted by Gasteiger charge is 2.45. The molecule has 21 heavy (non-hydrogen) atoms. The third-order valence-electron chi connectivity index (χ3n) is 4.86. The van der Waals surface area contributed by atoms with Crippen LogP contribution < -0.4 is 4.74 Å². The number of hydrogen-bond acceptors (Lipinski definition) is 3. The van der Waals surface area contributed by atoms with Crippen molar-refractivity contribution in [3.63, 3.8) is 0 Å². The number of nitrogens with zero attached hydrogens (tertiary/aromatic N) is 1. The number of rotatable bonds is 6. The predicted molar refractivity (Wildman–Crippen MR) is 82.0 cm³/mol. The van der Waals surface area contributed by atoms with Crippen LogP contribution in [0.5, 0.6) is 5.75 Å². The lowest BCUT2D eigenvalue weighted by atomic mass is 9.83. The summed E-state index contributed by atoms with van der Waals surface area (Å²) in [5, 5.41) is 11.1. The summed E-state index contributed by atoms with van der Waals surface area (Å²) >= 11 is 0. The molecule has 1 aliphatic rings. The summed E-state index contributed by atoms with van der Waals surface area (Å²) < 4.78 is 19.0. The minimum absolute atomic E-state index is 0.301. The van der Waals surface area contributed by atoms with Crippen LogP contribution in [0.2, 0.25) is 0 Å². The zero-order chi connectivity index (χ0) is 15.5. The minimum atomic E-state index is -0.731. The van der Waals surface area contributed by atoms with Crippen molar-refractivity contribution in [2.75, 3.05) is 20.2 Å². The van der Waals surface area contributed by atoms with E-state index in [0.29, 0.717) is 11.3 Å². The maximum atomic E-state index is 13.6. The Hall–Kier alpha value is -1.13. The first kappa shape index (κ1) is 16.2. The molecule has 0 bridgehead atoms. The van der Waals surface area contributed by atoms with Crippen molar-refractivity contribution in [3.05, 3.63) is 29.6 Å². The van der Waals surface area contributed by atoms with Gasteiger partial charge in [0.15, 0.2) is 0 Å². The van der Waals surface area contributed by atoms with Crippen molar-refractivity contribution in [2.45, 2.75) is 51.2 Å². The van der Waals surface area contributed by atoms with Crippen LogP contribution in [0, 0.1) is 5.82 Å². The minimum Gasteiger partial charge on any atom is -0.496 e. The second-order valence-corrected chi connectivity index (χ2v) is 5.77. The standard InChI is InChI=1S/C17H26FNO2/c1-4-19(5-2)17(10-6-7-11-17)16(20)14-12-13(18)8-9-15(14)21-3/h8-9,12,16,20H,4-7,10-11H2,1-3H3. The Morgan fingerprint density at radius 2 is 1.90 bits per heavy atom. The van der Waals surface area contributed by atoms with Gasteiger partial charge in [-0.05, 0) is 44.1 Å². The SMILES string of the molecule is CCN(CC)C1(C(O)c2cc(F)ccc2OC)CCCC1. The molecule has 0 amide bonds. The van der Waals surface area contributed by atoms with Crippen LogP contribution >= 0.6 is 0 Å². The molecule has 1 fully saturated rings. The molecule has 1 N–H and O–H groups in total. The zero-order valence-electron chi connectivity index (χ0n) is 13.2. The maximum absolute atomic E-state index is 13.6. The van der Waals surface area contributed by atoms with Gasteiger partial charge in [0.25, 0.3) is 0 Å². The Kier molecular flexibility index (Phi) is 5.22. The third-order valence-corrected chi connectivity index (χ3v) is 4.86. The summed E-state index contributed by atoms with van der Waals surface area (Å²) in [6, 6.07) is 4.37. The van der Waals surface area contributed by atoms with E-state index in [1.807, 2.05) is 0 Å². The molecule has 4 heteroatoms. The molecule has 0 aliphatic heterocycles. The number of likely N-dealkylation sites (N-methyl/N-ethyl adjacent to an activating group) is 1. The second kappa shape index (κ2) is 6.75. The lowest BCUT2D eigenvalue weighted by Crippen LogP contribution is -2.51. The summed E-state index contributed by atoms with van der Waals surface area (Å²) in [5.41, 5.74) is 0.260. The molecule has 3 nitrogen and oxygen atoms in total. The maximum Gasteiger partial charge on any atom is 0.124 e. The van der Waals surface area contributed by atoms with E-state index < -0.39 is 6.10 Å². The molecule has 0 saturated heterocycles. The molecule has 0 heterocycles. The van der Waals surface area contributed by atoms with Crippen LogP contribution in [0.25, 0.3) is 0 Å². The molecule has 0 spiro atoms. The molecule has 1 aromatic rings. The Morgan fingerprint density at radius 1 is 1.29 bits per heavy atom. The van der Waals surface area contributed by atoms with Crippen molar-refractivity contribution in [3.8, 4) is 5.75 Å². The smallest absolute Gasteiger partial charge is 0.124 e. The van der Waals surface area contributed by atoms with Crippen LogP contribution in [0.4, 0.5) is 4.39 Å². The monoisotopic (exact) mass is 295 g/mol. The van der Waals surface area contributed by atoms with E-state index in [0.717, 1.165) is 38.8 Å². The van der Waals surface area contributed by atoms with Gasteiger partial charge in [0.2, 0.25) is 0 Å². The van der Waals surface area contributed by atoms with E-state index in [4.69, 9.17) is 4.74 Å². The van der Waals surface area contributed by atoms with Gasteiger partial charge >= 0.3 is 0 Å². The quantitative estimate of drug-likeness (QED) is 0.871. The average Bonchev–Trinajstić information content (AvgIpc) is 2.98. The number of methoxy groups -OCH3 is 1. The van der Waals surface area contributed by atoms with Gasteiger partial charge in [-0.2, -0.15) is 0 Å². The second-order valence-electron chi connectivity index (χ2n) is 5.77. The summed E-state index contributed by atoms with van der Waals surface area (Å²) in [5.74, 6) is 0.222. The first-order chi connectivity index (χ1) is 10.1. The number of aliphatic hydroxyl groups excluding tert-OH is 1. The van der Waals surface area contributed by atoms with Crippen molar-refractivity contribution >= 4 is 0 Å². The van der Waals surface area contributed by atoms with Crippen molar-refractivity contribution in [2.24, 2.45) is 0 Å². The van der Waals surface area contributed by atoms with E-state index in [1.165, 1.54) is 12.1 Å². The summed E-state index contributed by atoms with van der Waals surface area (Å²) in [4.78, 5) is 2.31. The van der Waals surface area contributed by atoms with Crippen molar-refractivity contribution in [1.82, 2.24) is 4.90 Å². The van der Waals surface area contributed by atoms with E-state index in [1.54, 1.807) is 13.2 Å². The van der Waals surface area contributed by atoms with E-state index in [2.05, 4.69) is 18.7 Å². The molecule has 1 saturated carbocycles. The number of aliphatic hydroxyl groups is 1. The Labute approximate surface area is 126 Å². The molecule has 0 aromatic heterocycles. The van der Waals surface area contributed by atoms with E-state index in [9.17, 15) is 9.50 Å². The molecule has 1 aliphatic carbocycles. The fourth-order valence-corrected chi connectivity index (χ4v) is 3.81. The predicted octanol–water partition coefficient (Wildman–Crippen LogP) is 3.52. The molecule has 118 valence electrons. The van der Waals surface area contributed by atoms with Gasteiger partial charge in [0.05, 0.1) is 12.6 Å². The largest absolute Gasteiger partial charge is 0.496 e. The number of ether oxygens (including phenoxy) is 1. The van der Waals surface area contributed by atoms with E-state index >= 15 is 0 Å². The average molecular weight is 295 g/mol. The Balaban J connectivity index is 2.43. The van der Waals surface area contributed by atoms with Gasteiger partial charge in [-0.1, -0.05) is 26.7 Å². The van der Waals surface area contributed by atoms with Gasteiger partial charge in [0.1, 0.15) is 17.7 Å². The molecule has 0 radical (unpaired) electrons. The molecule has 1 atom stereocenters. The summed E-state index contributed by atoms with van der Waals surface area (Å²) in [7, 11) is 1.56. The van der Waals surface area contributed by atoms with Gasteiger partial charge in [0, 0.05) is 5.56 Å². The van der Waals surface area contributed by atoms with Gasteiger partial charge in [-0.15, -0.1) is 0 Å². The zero-order valence-corrected chi connectivity index (χ0v) is 13.2. The lowest BCUT2D eigenvalue weighted by Gasteiger charge is -2.44. The number of benzene rings is 1. The van der Waals surface area contributed by atoms with Crippen molar-refractivity contribution < 1.29 is 14.2 Å². The van der Waals surface area contributed by atoms with Gasteiger partial charge < -0.3 is 9.84 Å². The summed E-state index contributed by atoms with van der Waals surface area (Å²) in [6.45, 7) is 5.98. The first-order valence-electron chi connectivity index (χ1n) is 7.85. The number of halogens is 1. The molecule has 1 aromatic carbocycles. The molecular formula is C17H26FNO2. The topological polar surface area (TPSA) is 32.7 Å². The molecular weight excluding hydrogens is 269 g/mol. The Bertz CT molecular complexity index is 468. The van der Waals surface area contributed by atoms with E-state index in [-0.39, 0.29) is 11.4 Å². The normalized spacial score (nSPS) is 19.0. The first-order valence-corrected chi connectivity index (χ1v) is 7.85. The highest BCUT2D eigenvalue weighted by atomic mass is 19.1.